The van der Waals surface area contributed by atoms with Gasteiger partial charge in [-0.05, 0) is 30.3 Å². The van der Waals surface area contributed by atoms with E-state index >= 15 is 0 Å². The number of rotatable bonds is 6. The number of carbonyl (C=O) groups is 1. The normalized spacial score (nSPS) is 22.9. The Bertz CT molecular complexity index is 1550. The molecule has 3 heterocycles. The number of aromatic nitrogens is 4. The number of hydrogen-bond donors (Lipinski definition) is 2. The fourth-order valence-electron chi connectivity index (χ4n) is 4.82. The summed E-state index contributed by atoms with van der Waals surface area (Å²) in [7, 11) is 2.80. The number of likely N-dealkylation sites (N-methyl/N-ethyl adjacent to an activating group) is 1. The molecule has 2 N–H and O–H groups in total. The molecular weight excluding hydrogens is 555 g/mol. The van der Waals surface area contributed by atoms with E-state index in [0.29, 0.717) is 21.6 Å². The van der Waals surface area contributed by atoms with Gasteiger partial charge in [0.2, 0.25) is 0 Å². The van der Waals surface area contributed by atoms with Gasteiger partial charge in [0.05, 0.1) is 24.0 Å². The lowest BCUT2D eigenvalue weighted by molar-refractivity contribution is -0.211. The van der Waals surface area contributed by atoms with Gasteiger partial charge in [-0.25, -0.2) is 17.9 Å². The van der Waals surface area contributed by atoms with Crippen LogP contribution in [0.4, 0.5) is 18.9 Å². The highest BCUT2D eigenvalue weighted by Crippen LogP contribution is 2.35. The number of hydrogen-bond acceptors (Lipinski definition) is 8. The second-order valence-electron chi connectivity index (χ2n) is 9.19. The molecule has 0 saturated carbocycles. The van der Waals surface area contributed by atoms with Crippen molar-refractivity contribution in [1.82, 2.24) is 20.0 Å². The third kappa shape index (κ3) is 4.90. The van der Waals surface area contributed by atoms with Crippen LogP contribution in [0.15, 0.2) is 48.8 Å². The van der Waals surface area contributed by atoms with Gasteiger partial charge in [-0.1, -0.05) is 22.9 Å². The van der Waals surface area contributed by atoms with Crippen LogP contribution in [0.1, 0.15) is 6.04 Å². The standard InChI is InChI=1S/C26H23ClF3N5O5/c1-34(18-9-14(27)6-12-4-3-5-31-21(12)18)26(38)25-24(39-2)22(23(37)19(11-36)40-25)35-10-17(32-33-35)13-7-15(28)20(30)16(29)8-13/h3-10,19,22-25,36-37H,11H2,1-2H3/t19-,22+,23+,24-,25-/m1/s1. The molecule has 5 rings (SSSR count). The molecule has 40 heavy (non-hydrogen) atoms. The Balaban J connectivity index is 1.51. The van der Waals surface area contributed by atoms with E-state index in [1.54, 1.807) is 30.5 Å². The number of halogens is 4. The average Bonchev–Trinajstić information content (AvgIpc) is 3.43. The molecule has 1 fully saturated rings. The first-order valence-electron chi connectivity index (χ1n) is 12.0. The summed E-state index contributed by atoms with van der Waals surface area (Å²) in [5.41, 5.74) is 0.744. The minimum absolute atomic E-state index is 0.0386. The lowest BCUT2D eigenvalue weighted by atomic mass is 9.91. The van der Waals surface area contributed by atoms with Crippen LogP contribution in [0, 0.1) is 17.5 Å². The highest BCUT2D eigenvalue weighted by molar-refractivity contribution is 6.32. The number of aliphatic hydroxyl groups excluding tert-OH is 2. The highest BCUT2D eigenvalue weighted by atomic mass is 35.5. The fourth-order valence-corrected chi connectivity index (χ4v) is 5.04. The van der Waals surface area contributed by atoms with E-state index in [-0.39, 0.29) is 11.3 Å². The Hall–Kier alpha value is -3.62. The maximum absolute atomic E-state index is 13.8. The van der Waals surface area contributed by atoms with Crippen LogP contribution in [0.2, 0.25) is 5.02 Å². The number of nitrogens with zero attached hydrogens (tertiary/aromatic N) is 5. The number of methoxy groups -OCH3 is 1. The molecule has 1 aliphatic rings. The van der Waals surface area contributed by atoms with Crippen molar-refractivity contribution in [3.63, 3.8) is 0 Å². The Morgan fingerprint density at radius 3 is 2.62 bits per heavy atom. The Morgan fingerprint density at radius 1 is 1.23 bits per heavy atom. The van der Waals surface area contributed by atoms with E-state index in [4.69, 9.17) is 21.1 Å². The highest BCUT2D eigenvalue weighted by Gasteiger charge is 2.50. The number of anilines is 1. The molecule has 0 aliphatic carbocycles. The van der Waals surface area contributed by atoms with Crippen LogP contribution in [0.5, 0.6) is 0 Å². The molecule has 14 heteroatoms. The van der Waals surface area contributed by atoms with E-state index in [1.165, 1.54) is 25.3 Å². The Labute approximate surface area is 230 Å². The fraction of sp³-hybridized carbons (Fsp3) is 0.308. The minimum Gasteiger partial charge on any atom is -0.394 e. The van der Waals surface area contributed by atoms with Crippen molar-refractivity contribution in [3.8, 4) is 11.3 Å². The number of benzene rings is 2. The van der Waals surface area contributed by atoms with Crippen LogP contribution in [0.25, 0.3) is 22.2 Å². The summed E-state index contributed by atoms with van der Waals surface area (Å²) in [5.74, 6) is -5.06. The summed E-state index contributed by atoms with van der Waals surface area (Å²) in [6.45, 7) is -0.654. The number of fused-ring (bicyclic) bond motifs is 1. The van der Waals surface area contributed by atoms with E-state index in [1.807, 2.05) is 0 Å². The third-order valence-electron chi connectivity index (χ3n) is 6.82. The van der Waals surface area contributed by atoms with Crippen molar-refractivity contribution in [2.75, 3.05) is 25.7 Å². The van der Waals surface area contributed by atoms with Crippen molar-refractivity contribution in [2.24, 2.45) is 0 Å². The van der Waals surface area contributed by atoms with Gasteiger partial charge < -0.3 is 24.6 Å². The van der Waals surface area contributed by atoms with Gasteiger partial charge >= 0.3 is 0 Å². The molecule has 1 amide bonds. The summed E-state index contributed by atoms with van der Waals surface area (Å²) < 4.78 is 53.6. The van der Waals surface area contributed by atoms with E-state index in [2.05, 4.69) is 15.3 Å². The molecular formula is C26H23ClF3N5O5. The molecule has 0 bridgehead atoms. The number of ether oxygens (including phenoxy) is 2. The summed E-state index contributed by atoms with van der Waals surface area (Å²) in [5, 5.41) is 29.9. The second-order valence-corrected chi connectivity index (χ2v) is 9.63. The zero-order valence-corrected chi connectivity index (χ0v) is 21.8. The lowest BCUT2D eigenvalue weighted by Gasteiger charge is -2.43. The first-order valence-corrected chi connectivity index (χ1v) is 12.4. The van der Waals surface area contributed by atoms with Gasteiger partial charge in [-0.15, -0.1) is 5.10 Å². The van der Waals surface area contributed by atoms with Gasteiger partial charge in [-0.3, -0.25) is 9.78 Å². The molecule has 4 aromatic rings. The first kappa shape index (κ1) is 27.9. The number of aliphatic hydroxyl groups is 2. The number of amides is 1. The van der Waals surface area contributed by atoms with Gasteiger partial charge in [0.15, 0.2) is 23.6 Å². The molecule has 5 atom stereocenters. The maximum Gasteiger partial charge on any atom is 0.258 e. The molecule has 0 radical (unpaired) electrons. The average molecular weight is 578 g/mol. The first-order chi connectivity index (χ1) is 19.1. The molecule has 0 spiro atoms. The molecule has 2 aromatic heterocycles. The van der Waals surface area contributed by atoms with Crippen LogP contribution in [-0.2, 0) is 14.3 Å². The summed E-state index contributed by atoms with van der Waals surface area (Å²) in [6.07, 6.45) is -2.36. The number of pyridine rings is 1. The minimum atomic E-state index is -1.63. The predicted molar refractivity (Wildman–Crippen MR) is 137 cm³/mol. The van der Waals surface area contributed by atoms with Crippen molar-refractivity contribution in [3.05, 3.63) is 71.3 Å². The summed E-state index contributed by atoms with van der Waals surface area (Å²) in [6, 6.07) is 7.17. The molecule has 210 valence electrons. The number of carbonyl (C=O) groups excluding carboxylic acids is 1. The van der Waals surface area contributed by atoms with Gasteiger partial charge in [0.1, 0.15) is 30.0 Å². The maximum atomic E-state index is 13.8. The van der Waals surface area contributed by atoms with Crippen molar-refractivity contribution >= 4 is 34.1 Å². The van der Waals surface area contributed by atoms with Crippen LogP contribution < -0.4 is 4.90 Å². The van der Waals surface area contributed by atoms with Crippen molar-refractivity contribution < 1.29 is 37.7 Å². The quantitative estimate of drug-likeness (QED) is 0.336. The van der Waals surface area contributed by atoms with Crippen molar-refractivity contribution in [1.29, 1.82) is 0 Å². The third-order valence-corrected chi connectivity index (χ3v) is 7.04. The molecule has 10 nitrogen and oxygen atoms in total. The second kappa shape index (κ2) is 11.1. The smallest absolute Gasteiger partial charge is 0.258 e. The van der Waals surface area contributed by atoms with E-state index < -0.39 is 60.4 Å². The zero-order valence-electron chi connectivity index (χ0n) is 21.1. The van der Waals surface area contributed by atoms with E-state index in [0.717, 1.165) is 16.8 Å². The monoisotopic (exact) mass is 577 g/mol. The molecule has 1 saturated heterocycles. The summed E-state index contributed by atoms with van der Waals surface area (Å²) in [4.78, 5) is 19.5. The van der Waals surface area contributed by atoms with Crippen LogP contribution in [-0.4, -0.2) is 81.3 Å². The summed E-state index contributed by atoms with van der Waals surface area (Å²) >= 11 is 6.29. The van der Waals surface area contributed by atoms with Crippen LogP contribution >= 0.6 is 11.6 Å². The molecule has 2 aromatic carbocycles. The van der Waals surface area contributed by atoms with Gasteiger partial charge in [0.25, 0.3) is 5.91 Å². The van der Waals surface area contributed by atoms with Crippen molar-refractivity contribution in [2.45, 2.75) is 30.5 Å². The zero-order chi connectivity index (χ0) is 28.7. The lowest BCUT2D eigenvalue weighted by Crippen LogP contribution is -2.60. The predicted octanol–water partition coefficient (Wildman–Crippen LogP) is 2.90. The van der Waals surface area contributed by atoms with Crippen LogP contribution in [0.3, 0.4) is 0 Å². The van der Waals surface area contributed by atoms with E-state index in [9.17, 15) is 28.2 Å². The topological polar surface area (TPSA) is 123 Å². The van der Waals surface area contributed by atoms with Gasteiger partial charge in [-0.2, -0.15) is 0 Å². The van der Waals surface area contributed by atoms with Gasteiger partial charge in [0, 0.05) is 36.3 Å². The Kier molecular flexibility index (Phi) is 7.75. The molecule has 1 aliphatic heterocycles. The SMILES string of the molecule is CO[C@@H]1[C@@H](n2cc(-c3cc(F)c(F)c(F)c3)nn2)[C@@H](O)[C@@H](CO)O[C@H]1C(=O)N(C)c1cc(Cl)cc2cccnc12. The largest absolute Gasteiger partial charge is 0.394 e. The molecule has 0 unspecified atom stereocenters. The Morgan fingerprint density at radius 2 is 1.95 bits per heavy atom.